The number of amides is 2. The van der Waals surface area contributed by atoms with Gasteiger partial charge >= 0.3 is 0 Å². The number of carbonyl (C=O) groups is 2. The smallest absolute Gasteiger partial charge is 0.236 e. The van der Waals surface area contributed by atoms with E-state index < -0.39 is 0 Å². The molecule has 1 aromatic rings. The van der Waals surface area contributed by atoms with Crippen molar-refractivity contribution in [1.29, 1.82) is 0 Å². The van der Waals surface area contributed by atoms with Gasteiger partial charge in [0.05, 0.1) is 12.0 Å². The van der Waals surface area contributed by atoms with Crippen molar-refractivity contribution >= 4 is 35.6 Å². The zero-order valence-corrected chi connectivity index (χ0v) is 17.5. The lowest BCUT2D eigenvalue weighted by molar-refractivity contribution is -0.144. The number of thiophene rings is 1. The lowest BCUT2D eigenvalue weighted by Crippen LogP contribution is -2.59. The molecule has 27 heavy (non-hydrogen) atoms. The van der Waals surface area contributed by atoms with Crippen molar-refractivity contribution in [3.8, 4) is 0 Å². The first-order valence-electron chi connectivity index (χ1n) is 10.0. The number of piperidine rings is 1. The van der Waals surface area contributed by atoms with Gasteiger partial charge in [-0.15, -0.1) is 23.7 Å². The van der Waals surface area contributed by atoms with E-state index in [1.807, 2.05) is 4.90 Å². The van der Waals surface area contributed by atoms with Crippen LogP contribution in [0.4, 0.5) is 0 Å². The summed E-state index contributed by atoms with van der Waals surface area (Å²) in [5.74, 6) is 0.494. The Balaban J connectivity index is 0.00000210. The molecular weight excluding hydrogens is 382 g/mol. The zero-order chi connectivity index (χ0) is 18.0. The normalized spacial score (nSPS) is 25.8. The van der Waals surface area contributed by atoms with Gasteiger partial charge in [-0.2, -0.15) is 0 Å². The van der Waals surface area contributed by atoms with Crippen molar-refractivity contribution < 1.29 is 9.59 Å². The van der Waals surface area contributed by atoms with Crippen molar-refractivity contribution in [3.63, 3.8) is 0 Å². The Bertz CT molecular complexity index is 646. The number of hydrogen-bond donors (Lipinski definition) is 1. The van der Waals surface area contributed by atoms with Crippen LogP contribution in [0.3, 0.4) is 0 Å². The van der Waals surface area contributed by atoms with Crippen molar-refractivity contribution in [2.75, 3.05) is 32.7 Å². The van der Waals surface area contributed by atoms with Gasteiger partial charge in [-0.05, 0) is 37.1 Å². The van der Waals surface area contributed by atoms with Crippen LogP contribution in [-0.4, -0.2) is 60.4 Å². The highest BCUT2D eigenvalue weighted by molar-refractivity contribution is 7.10. The molecule has 0 spiro atoms. The van der Waals surface area contributed by atoms with E-state index in [4.69, 9.17) is 0 Å². The highest BCUT2D eigenvalue weighted by Gasteiger charge is 2.45. The maximum atomic E-state index is 13.7. The van der Waals surface area contributed by atoms with Crippen LogP contribution in [0.1, 0.15) is 49.8 Å². The fourth-order valence-electron chi connectivity index (χ4n) is 4.98. The number of likely N-dealkylation sites (tertiary alicyclic amines) is 1. The molecule has 5 nitrogen and oxygen atoms in total. The third kappa shape index (κ3) is 4.03. The van der Waals surface area contributed by atoms with Gasteiger partial charge in [0.1, 0.15) is 0 Å². The summed E-state index contributed by atoms with van der Waals surface area (Å²) in [7, 11) is 0. The second kappa shape index (κ2) is 8.93. The van der Waals surface area contributed by atoms with Crippen molar-refractivity contribution in [1.82, 2.24) is 15.1 Å². The molecule has 1 saturated carbocycles. The quantitative estimate of drug-likeness (QED) is 0.832. The average Bonchev–Trinajstić information content (AvgIpc) is 3.24. The molecule has 0 radical (unpaired) electrons. The molecule has 0 aromatic carbocycles. The molecule has 1 aromatic heterocycles. The van der Waals surface area contributed by atoms with E-state index in [1.165, 1.54) is 11.3 Å². The monoisotopic (exact) mass is 411 g/mol. The minimum Gasteiger partial charge on any atom is -0.340 e. The molecule has 150 valence electrons. The molecule has 1 aliphatic carbocycles. The van der Waals surface area contributed by atoms with Gasteiger partial charge < -0.3 is 15.1 Å². The number of piperazine rings is 1. The largest absolute Gasteiger partial charge is 0.340 e. The second-order valence-corrected chi connectivity index (χ2v) is 8.88. The van der Waals surface area contributed by atoms with Gasteiger partial charge in [0, 0.05) is 37.1 Å². The molecule has 1 atom stereocenters. The Kier molecular flexibility index (Phi) is 6.82. The third-order valence-electron chi connectivity index (χ3n) is 6.36. The predicted octanol–water partition coefficient (Wildman–Crippen LogP) is 2.79. The van der Waals surface area contributed by atoms with Crippen LogP contribution >= 0.6 is 23.7 Å². The number of nitrogens with zero attached hydrogens (tertiary/aromatic N) is 2. The van der Waals surface area contributed by atoms with Crippen LogP contribution in [0.25, 0.3) is 0 Å². The van der Waals surface area contributed by atoms with Gasteiger partial charge in [0.25, 0.3) is 0 Å². The van der Waals surface area contributed by atoms with E-state index in [0.717, 1.165) is 58.2 Å². The number of carbonyl (C=O) groups excluding carboxylic acids is 2. The first-order valence-corrected chi connectivity index (χ1v) is 10.9. The highest BCUT2D eigenvalue weighted by atomic mass is 35.5. The van der Waals surface area contributed by atoms with Crippen molar-refractivity contribution in [2.45, 2.75) is 56.4 Å². The van der Waals surface area contributed by atoms with E-state index in [0.29, 0.717) is 19.0 Å². The summed E-state index contributed by atoms with van der Waals surface area (Å²) >= 11 is 1.73. The van der Waals surface area contributed by atoms with Crippen LogP contribution in [0, 0.1) is 0 Å². The summed E-state index contributed by atoms with van der Waals surface area (Å²) in [5.41, 5.74) is -0.318. The molecule has 3 fully saturated rings. The Morgan fingerprint density at radius 1 is 1.19 bits per heavy atom. The minimum atomic E-state index is -0.318. The molecule has 0 bridgehead atoms. The fourth-order valence-corrected chi connectivity index (χ4v) is 5.95. The molecule has 2 aliphatic heterocycles. The Labute approximate surface area is 171 Å². The summed E-state index contributed by atoms with van der Waals surface area (Å²) < 4.78 is 0. The van der Waals surface area contributed by atoms with E-state index in [2.05, 4.69) is 27.7 Å². The maximum Gasteiger partial charge on any atom is 0.236 e. The first kappa shape index (κ1) is 20.6. The van der Waals surface area contributed by atoms with Crippen LogP contribution in [0.5, 0.6) is 0 Å². The molecule has 3 heterocycles. The fraction of sp³-hybridized carbons (Fsp3) is 0.700. The summed E-state index contributed by atoms with van der Waals surface area (Å²) in [6.07, 6.45) is 7.46. The predicted molar refractivity (Wildman–Crippen MR) is 111 cm³/mol. The van der Waals surface area contributed by atoms with Gasteiger partial charge in [0.15, 0.2) is 0 Å². The van der Waals surface area contributed by atoms with E-state index >= 15 is 0 Å². The van der Waals surface area contributed by atoms with E-state index in [9.17, 15) is 9.59 Å². The molecule has 2 saturated heterocycles. The SMILES string of the molecule is Cl.O=C1CNCCN1C1CCCN(C(=O)C2(c3cccs3)CCCCC2)C1. The number of hydrogen-bond acceptors (Lipinski definition) is 4. The number of nitrogens with one attached hydrogen (secondary N) is 1. The Morgan fingerprint density at radius 3 is 2.70 bits per heavy atom. The Morgan fingerprint density at radius 2 is 2.00 bits per heavy atom. The standard InChI is InChI=1S/C20H29N3O2S.ClH/c24-18-14-21-10-12-23(18)16-6-4-11-22(15-16)19(25)20(8-2-1-3-9-20)17-7-5-13-26-17;/h5,7,13,16,21H,1-4,6,8-12,14-15H2;1H. The molecule has 4 rings (SSSR count). The highest BCUT2D eigenvalue weighted by Crippen LogP contribution is 2.43. The van der Waals surface area contributed by atoms with Gasteiger partial charge in [0.2, 0.25) is 11.8 Å². The van der Waals surface area contributed by atoms with Crippen molar-refractivity contribution in [3.05, 3.63) is 22.4 Å². The summed E-state index contributed by atoms with van der Waals surface area (Å²) in [6.45, 7) is 3.60. The molecule has 3 aliphatic rings. The lowest BCUT2D eigenvalue weighted by Gasteiger charge is -2.45. The third-order valence-corrected chi connectivity index (χ3v) is 7.43. The maximum absolute atomic E-state index is 13.7. The average molecular weight is 412 g/mol. The first-order chi connectivity index (χ1) is 12.7. The van der Waals surface area contributed by atoms with Crippen molar-refractivity contribution in [2.24, 2.45) is 0 Å². The van der Waals surface area contributed by atoms with E-state index in [-0.39, 0.29) is 29.8 Å². The molecule has 2 amide bonds. The zero-order valence-electron chi connectivity index (χ0n) is 15.8. The summed E-state index contributed by atoms with van der Waals surface area (Å²) in [6, 6.07) is 4.41. The number of rotatable bonds is 3. The van der Waals surface area contributed by atoms with Crippen LogP contribution in [-0.2, 0) is 15.0 Å². The lowest BCUT2D eigenvalue weighted by atomic mass is 9.71. The van der Waals surface area contributed by atoms with Crippen LogP contribution in [0.15, 0.2) is 17.5 Å². The molecule has 1 N–H and O–H groups in total. The molecular formula is C20H30ClN3O2S. The van der Waals surface area contributed by atoms with Crippen LogP contribution < -0.4 is 5.32 Å². The minimum absolute atomic E-state index is 0. The van der Waals surface area contributed by atoms with E-state index in [1.54, 1.807) is 11.3 Å². The molecule has 1 unspecified atom stereocenters. The van der Waals surface area contributed by atoms with Gasteiger partial charge in [-0.25, -0.2) is 0 Å². The van der Waals surface area contributed by atoms with Crippen LogP contribution in [0.2, 0.25) is 0 Å². The van der Waals surface area contributed by atoms with Gasteiger partial charge in [-0.3, -0.25) is 9.59 Å². The Hall–Kier alpha value is -1.11. The van der Waals surface area contributed by atoms with Gasteiger partial charge in [-0.1, -0.05) is 25.3 Å². The second-order valence-electron chi connectivity index (χ2n) is 7.93. The molecule has 7 heteroatoms. The topological polar surface area (TPSA) is 52.7 Å². The summed E-state index contributed by atoms with van der Waals surface area (Å²) in [4.78, 5) is 31.3. The summed E-state index contributed by atoms with van der Waals surface area (Å²) in [5, 5.41) is 5.24. The number of halogens is 1.